The summed E-state index contributed by atoms with van der Waals surface area (Å²) in [6, 6.07) is 4.38. The van der Waals surface area contributed by atoms with Crippen LogP contribution in [0.1, 0.15) is 17.7 Å². The van der Waals surface area contributed by atoms with Crippen molar-refractivity contribution in [2.75, 3.05) is 39.0 Å². The van der Waals surface area contributed by atoms with Gasteiger partial charge < -0.3 is 10.2 Å². The first kappa shape index (κ1) is 14.4. The van der Waals surface area contributed by atoms with E-state index >= 15 is 0 Å². The van der Waals surface area contributed by atoms with Gasteiger partial charge in [-0.25, -0.2) is 0 Å². The van der Waals surface area contributed by atoms with Crippen LogP contribution < -0.4 is 5.32 Å². The van der Waals surface area contributed by atoms with Gasteiger partial charge in [0.05, 0.1) is 0 Å². The smallest absolute Gasteiger partial charge is 0.00716 e. The SMILES string of the molecule is CN(CCSC1CCNCC1)CCc1cccs1. The second kappa shape index (κ2) is 8.20. The molecule has 1 aliphatic rings. The van der Waals surface area contributed by atoms with Gasteiger partial charge in [0, 0.05) is 29.0 Å². The molecular weight excluding hydrogens is 260 g/mol. The van der Waals surface area contributed by atoms with E-state index in [1.54, 1.807) is 0 Å². The van der Waals surface area contributed by atoms with Crippen LogP contribution in [-0.2, 0) is 6.42 Å². The zero-order valence-electron chi connectivity index (χ0n) is 11.2. The molecule has 0 aromatic carbocycles. The number of rotatable bonds is 7. The van der Waals surface area contributed by atoms with Crippen LogP contribution in [0.5, 0.6) is 0 Å². The molecule has 2 nitrogen and oxygen atoms in total. The van der Waals surface area contributed by atoms with Crippen molar-refractivity contribution in [3.8, 4) is 0 Å². The number of likely N-dealkylation sites (N-methyl/N-ethyl adjacent to an activating group) is 1. The van der Waals surface area contributed by atoms with Crippen LogP contribution in [-0.4, -0.2) is 49.1 Å². The first-order chi connectivity index (χ1) is 8.84. The third kappa shape index (κ3) is 5.31. The Labute approximate surface area is 119 Å². The zero-order valence-corrected chi connectivity index (χ0v) is 12.9. The van der Waals surface area contributed by atoms with Crippen LogP contribution in [0.3, 0.4) is 0 Å². The van der Waals surface area contributed by atoms with E-state index in [4.69, 9.17) is 0 Å². The molecule has 0 bridgehead atoms. The minimum absolute atomic E-state index is 0.900. The maximum atomic E-state index is 3.43. The molecule has 0 saturated carbocycles. The fourth-order valence-corrected chi connectivity index (χ4v) is 4.22. The van der Waals surface area contributed by atoms with E-state index in [0.29, 0.717) is 0 Å². The van der Waals surface area contributed by atoms with Crippen molar-refractivity contribution >= 4 is 23.1 Å². The van der Waals surface area contributed by atoms with Crippen molar-refractivity contribution in [3.63, 3.8) is 0 Å². The van der Waals surface area contributed by atoms with Gasteiger partial charge in [-0.05, 0) is 50.8 Å². The molecule has 1 aliphatic heterocycles. The Morgan fingerprint density at radius 2 is 2.22 bits per heavy atom. The fraction of sp³-hybridized carbons (Fsp3) is 0.714. The molecule has 0 unspecified atom stereocenters. The minimum Gasteiger partial charge on any atom is -0.317 e. The average molecular weight is 284 g/mol. The molecule has 102 valence electrons. The molecule has 2 heterocycles. The van der Waals surface area contributed by atoms with E-state index < -0.39 is 0 Å². The highest BCUT2D eigenvalue weighted by Crippen LogP contribution is 2.19. The van der Waals surface area contributed by atoms with Crippen molar-refractivity contribution < 1.29 is 0 Å². The van der Waals surface area contributed by atoms with Gasteiger partial charge in [-0.1, -0.05) is 6.07 Å². The van der Waals surface area contributed by atoms with E-state index in [1.807, 2.05) is 11.3 Å². The largest absolute Gasteiger partial charge is 0.317 e. The normalized spacial score (nSPS) is 17.4. The van der Waals surface area contributed by atoms with Gasteiger partial charge in [-0.3, -0.25) is 0 Å². The van der Waals surface area contributed by atoms with Crippen LogP contribution in [0, 0.1) is 0 Å². The Hall–Kier alpha value is -0.0300. The van der Waals surface area contributed by atoms with Crippen LogP contribution in [0.4, 0.5) is 0 Å². The molecular formula is C14H24N2S2. The van der Waals surface area contributed by atoms with Gasteiger partial charge in [-0.2, -0.15) is 11.8 Å². The third-order valence-electron chi connectivity index (χ3n) is 3.43. The van der Waals surface area contributed by atoms with Gasteiger partial charge in [0.25, 0.3) is 0 Å². The van der Waals surface area contributed by atoms with Crippen LogP contribution >= 0.6 is 23.1 Å². The maximum Gasteiger partial charge on any atom is 0.00716 e. The van der Waals surface area contributed by atoms with E-state index in [0.717, 1.165) is 5.25 Å². The molecule has 2 rings (SSSR count). The lowest BCUT2D eigenvalue weighted by molar-refractivity contribution is 0.361. The van der Waals surface area contributed by atoms with Crippen molar-refractivity contribution in [1.82, 2.24) is 10.2 Å². The number of hydrogen-bond donors (Lipinski definition) is 1. The van der Waals surface area contributed by atoms with Gasteiger partial charge in [0.15, 0.2) is 0 Å². The summed E-state index contributed by atoms with van der Waals surface area (Å²) in [7, 11) is 2.25. The number of piperidine rings is 1. The summed E-state index contributed by atoms with van der Waals surface area (Å²) >= 11 is 4.04. The predicted octanol–water partition coefficient (Wildman–Crippen LogP) is 2.71. The molecule has 0 atom stereocenters. The second-order valence-corrected chi connectivity index (χ2v) is 7.39. The van der Waals surface area contributed by atoms with E-state index in [9.17, 15) is 0 Å². The number of thioether (sulfide) groups is 1. The zero-order chi connectivity index (χ0) is 12.6. The summed E-state index contributed by atoms with van der Waals surface area (Å²) in [5.41, 5.74) is 0. The number of nitrogens with one attached hydrogen (secondary N) is 1. The summed E-state index contributed by atoms with van der Waals surface area (Å²) in [5.74, 6) is 1.28. The summed E-state index contributed by atoms with van der Waals surface area (Å²) in [5, 5.41) is 6.50. The third-order valence-corrected chi connectivity index (χ3v) is 5.73. The highest BCUT2D eigenvalue weighted by molar-refractivity contribution is 7.99. The van der Waals surface area contributed by atoms with Gasteiger partial charge in [0.1, 0.15) is 0 Å². The van der Waals surface area contributed by atoms with Gasteiger partial charge in [-0.15, -0.1) is 11.3 Å². The van der Waals surface area contributed by atoms with Crippen molar-refractivity contribution in [2.24, 2.45) is 0 Å². The lowest BCUT2D eigenvalue weighted by Crippen LogP contribution is -2.30. The van der Waals surface area contributed by atoms with Crippen LogP contribution in [0.25, 0.3) is 0 Å². The Balaban J connectivity index is 1.52. The maximum absolute atomic E-state index is 3.43. The fourth-order valence-electron chi connectivity index (χ4n) is 2.21. The minimum atomic E-state index is 0.900. The standard InChI is InChI=1S/C14H24N2S2/c1-16(9-6-13-3-2-11-17-13)10-12-18-14-4-7-15-8-5-14/h2-3,11,14-15H,4-10,12H2,1H3. The lowest BCUT2D eigenvalue weighted by atomic mass is 10.2. The van der Waals surface area contributed by atoms with Crippen molar-refractivity contribution in [3.05, 3.63) is 22.4 Å². The molecule has 1 N–H and O–H groups in total. The van der Waals surface area contributed by atoms with Crippen LogP contribution in [0.15, 0.2) is 17.5 Å². The highest BCUT2D eigenvalue weighted by Gasteiger charge is 2.13. The first-order valence-electron chi connectivity index (χ1n) is 6.88. The molecule has 0 amide bonds. The number of hydrogen-bond acceptors (Lipinski definition) is 4. The quantitative estimate of drug-likeness (QED) is 0.829. The molecule has 18 heavy (non-hydrogen) atoms. The highest BCUT2D eigenvalue weighted by atomic mass is 32.2. The molecule has 0 radical (unpaired) electrons. The molecule has 1 aromatic heterocycles. The van der Waals surface area contributed by atoms with E-state index in [1.165, 1.54) is 56.1 Å². The monoisotopic (exact) mass is 284 g/mol. The molecule has 4 heteroatoms. The van der Waals surface area contributed by atoms with Gasteiger partial charge >= 0.3 is 0 Å². The number of thiophene rings is 1. The van der Waals surface area contributed by atoms with Crippen molar-refractivity contribution in [1.29, 1.82) is 0 Å². The van der Waals surface area contributed by atoms with Crippen molar-refractivity contribution in [2.45, 2.75) is 24.5 Å². The van der Waals surface area contributed by atoms with E-state index in [2.05, 4.69) is 46.5 Å². The topological polar surface area (TPSA) is 15.3 Å². The average Bonchev–Trinajstić information content (AvgIpc) is 2.91. The molecule has 1 aromatic rings. The van der Waals surface area contributed by atoms with E-state index in [-0.39, 0.29) is 0 Å². The Morgan fingerprint density at radius 3 is 2.94 bits per heavy atom. The Morgan fingerprint density at radius 1 is 1.39 bits per heavy atom. The first-order valence-corrected chi connectivity index (χ1v) is 8.80. The Kier molecular flexibility index (Phi) is 6.55. The predicted molar refractivity (Wildman–Crippen MR) is 83.9 cm³/mol. The second-order valence-electron chi connectivity index (χ2n) is 4.95. The summed E-state index contributed by atoms with van der Waals surface area (Å²) in [4.78, 5) is 3.97. The van der Waals surface area contributed by atoms with Gasteiger partial charge in [0.2, 0.25) is 0 Å². The number of nitrogens with zero attached hydrogens (tertiary/aromatic N) is 1. The lowest BCUT2D eigenvalue weighted by Gasteiger charge is -2.23. The molecule has 1 fully saturated rings. The molecule has 0 spiro atoms. The summed E-state index contributed by atoms with van der Waals surface area (Å²) in [6.45, 7) is 4.84. The Bertz CT molecular complexity index is 308. The molecule has 0 aliphatic carbocycles. The summed E-state index contributed by atoms with van der Waals surface area (Å²) in [6.07, 6.45) is 3.90. The molecule has 1 saturated heterocycles. The summed E-state index contributed by atoms with van der Waals surface area (Å²) < 4.78 is 0. The van der Waals surface area contributed by atoms with Crippen LogP contribution in [0.2, 0.25) is 0 Å².